The third kappa shape index (κ3) is 4.80. The molecule has 2 aromatic rings. The molecule has 0 bridgehead atoms. The van der Waals surface area contributed by atoms with Crippen molar-refractivity contribution in [1.82, 2.24) is 5.32 Å². The maximum Gasteiger partial charge on any atom is 0.283 e. The van der Waals surface area contributed by atoms with Crippen LogP contribution in [0.2, 0.25) is 0 Å². The van der Waals surface area contributed by atoms with Gasteiger partial charge < -0.3 is 11.1 Å². The minimum atomic E-state index is -0.738. The summed E-state index contributed by atoms with van der Waals surface area (Å²) in [5, 5.41) is 15.7. The van der Waals surface area contributed by atoms with E-state index < -0.39 is 10.8 Å². The molecule has 2 rings (SSSR count). The Morgan fingerprint density at radius 1 is 1.35 bits per heavy atom. The van der Waals surface area contributed by atoms with Crippen LogP contribution >= 0.6 is 23.1 Å². The lowest BCUT2D eigenvalue weighted by Crippen LogP contribution is -2.24. The highest BCUT2D eigenvalue weighted by atomic mass is 32.2. The fraction of sp³-hybridized carbons (Fsp3) is 0.143. The van der Waals surface area contributed by atoms with Gasteiger partial charge in [-0.2, -0.15) is 0 Å². The lowest BCUT2D eigenvalue weighted by Gasteiger charge is -2.05. The number of nitro benzene ring substituents is 1. The van der Waals surface area contributed by atoms with Gasteiger partial charge >= 0.3 is 0 Å². The van der Waals surface area contributed by atoms with Crippen molar-refractivity contribution < 1.29 is 14.5 Å². The Hall–Kier alpha value is -2.39. The number of carbonyl (C=O) groups excluding carboxylic acids is 2. The van der Waals surface area contributed by atoms with Gasteiger partial charge in [-0.15, -0.1) is 23.1 Å². The zero-order valence-corrected chi connectivity index (χ0v) is 13.5. The van der Waals surface area contributed by atoms with E-state index in [2.05, 4.69) is 5.32 Å². The summed E-state index contributed by atoms with van der Waals surface area (Å²) in [5.74, 6) is -0.919. The monoisotopic (exact) mass is 351 g/mol. The molecule has 0 radical (unpaired) electrons. The number of amides is 2. The molecule has 0 aliphatic heterocycles. The molecule has 0 aliphatic rings. The van der Waals surface area contributed by atoms with E-state index in [9.17, 15) is 19.7 Å². The molecule has 0 fully saturated rings. The minimum Gasteiger partial charge on any atom is -0.366 e. The number of hydrogen-bond acceptors (Lipinski definition) is 6. The third-order valence-corrected chi connectivity index (χ3v) is 4.78. The van der Waals surface area contributed by atoms with Crippen LogP contribution in [0, 0.1) is 10.1 Å². The lowest BCUT2D eigenvalue weighted by atomic mass is 10.2. The summed E-state index contributed by atoms with van der Waals surface area (Å²) < 4.78 is 0. The summed E-state index contributed by atoms with van der Waals surface area (Å²) in [6.07, 6.45) is 0. The van der Waals surface area contributed by atoms with Crippen molar-refractivity contribution in [3.63, 3.8) is 0 Å². The number of rotatable bonds is 7. The molecule has 2 amide bonds. The average molecular weight is 351 g/mol. The van der Waals surface area contributed by atoms with Gasteiger partial charge in [-0.1, -0.05) is 6.07 Å². The predicted octanol–water partition coefficient (Wildman–Crippen LogP) is 2.16. The van der Waals surface area contributed by atoms with Crippen molar-refractivity contribution in [1.29, 1.82) is 0 Å². The number of nitrogens with two attached hydrogens (primary N) is 1. The summed E-state index contributed by atoms with van der Waals surface area (Å²) in [5.41, 5.74) is 4.93. The van der Waals surface area contributed by atoms with Crippen molar-refractivity contribution in [3.8, 4) is 0 Å². The second-order valence-corrected chi connectivity index (χ2v) is 6.50. The van der Waals surface area contributed by atoms with Gasteiger partial charge in [0.15, 0.2) is 0 Å². The van der Waals surface area contributed by atoms with Gasteiger partial charge in [0.05, 0.1) is 22.1 Å². The molecule has 120 valence electrons. The van der Waals surface area contributed by atoms with Gasteiger partial charge in [0.25, 0.3) is 5.69 Å². The highest BCUT2D eigenvalue weighted by Crippen LogP contribution is 2.29. The number of nitro groups is 1. The second kappa shape index (κ2) is 7.75. The standard InChI is InChI=1S/C14H13N3O4S2/c15-14(19)9-3-4-12(11(6-9)17(20)21)23-8-13(18)16-7-10-2-1-5-22-10/h1-6H,7-8H2,(H2,15,19)(H,16,18). The fourth-order valence-corrected chi connectivity index (χ4v) is 3.21. The van der Waals surface area contributed by atoms with Crippen LogP contribution in [-0.2, 0) is 11.3 Å². The minimum absolute atomic E-state index is 0.0438. The first kappa shape index (κ1) is 17.0. The largest absolute Gasteiger partial charge is 0.366 e. The molecule has 0 aliphatic carbocycles. The zero-order chi connectivity index (χ0) is 16.8. The van der Waals surface area contributed by atoms with E-state index in [0.29, 0.717) is 11.4 Å². The molecule has 3 N–H and O–H groups in total. The van der Waals surface area contributed by atoms with Crippen LogP contribution in [0.25, 0.3) is 0 Å². The van der Waals surface area contributed by atoms with E-state index in [1.807, 2.05) is 17.5 Å². The molecule has 0 saturated heterocycles. The third-order valence-electron chi connectivity index (χ3n) is 2.84. The van der Waals surface area contributed by atoms with Gasteiger partial charge in [-0.25, -0.2) is 0 Å². The molecule has 1 aromatic carbocycles. The Morgan fingerprint density at radius 3 is 2.74 bits per heavy atom. The van der Waals surface area contributed by atoms with Crippen molar-refractivity contribution in [2.45, 2.75) is 11.4 Å². The quantitative estimate of drug-likeness (QED) is 0.450. The highest BCUT2D eigenvalue weighted by molar-refractivity contribution is 8.00. The lowest BCUT2D eigenvalue weighted by molar-refractivity contribution is -0.387. The molecular weight excluding hydrogens is 338 g/mol. The first-order chi connectivity index (χ1) is 11.0. The van der Waals surface area contributed by atoms with Gasteiger partial charge in [-0.3, -0.25) is 19.7 Å². The molecule has 1 heterocycles. The zero-order valence-electron chi connectivity index (χ0n) is 11.9. The van der Waals surface area contributed by atoms with Crippen LogP contribution in [-0.4, -0.2) is 22.5 Å². The van der Waals surface area contributed by atoms with E-state index in [-0.39, 0.29) is 22.9 Å². The Kier molecular flexibility index (Phi) is 5.72. The molecular formula is C14H13N3O4S2. The first-order valence-electron chi connectivity index (χ1n) is 6.47. The highest BCUT2D eigenvalue weighted by Gasteiger charge is 2.17. The van der Waals surface area contributed by atoms with Gasteiger partial charge in [-0.05, 0) is 23.6 Å². The van der Waals surface area contributed by atoms with Crippen LogP contribution in [0.5, 0.6) is 0 Å². The number of nitrogens with zero attached hydrogens (tertiary/aromatic N) is 1. The topological polar surface area (TPSA) is 115 Å². The normalized spacial score (nSPS) is 10.3. The van der Waals surface area contributed by atoms with Crippen LogP contribution < -0.4 is 11.1 Å². The average Bonchev–Trinajstić information content (AvgIpc) is 3.03. The molecule has 0 atom stereocenters. The van der Waals surface area contributed by atoms with Crippen LogP contribution in [0.4, 0.5) is 5.69 Å². The number of carbonyl (C=O) groups is 2. The van der Waals surface area contributed by atoms with E-state index in [1.165, 1.54) is 23.5 Å². The van der Waals surface area contributed by atoms with Crippen LogP contribution in [0.15, 0.2) is 40.6 Å². The Labute approximate surface area is 140 Å². The van der Waals surface area contributed by atoms with Crippen LogP contribution in [0.1, 0.15) is 15.2 Å². The maximum atomic E-state index is 11.8. The number of thiophene rings is 1. The van der Waals surface area contributed by atoms with E-state index in [4.69, 9.17) is 5.73 Å². The maximum absolute atomic E-state index is 11.8. The molecule has 0 saturated carbocycles. The van der Waals surface area contributed by atoms with Crippen molar-refractivity contribution in [3.05, 3.63) is 56.3 Å². The van der Waals surface area contributed by atoms with Gasteiger partial charge in [0, 0.05) is 16.5 Å². The predicted molar refractivity (Wildman–Crippen MR) is 88.5 cm³/mol. The molecule has 23 heavy (non-hydrogen) atoms. The Morgan fingerprint density at radius 2 is 2.13 bits per heavy atom. The van der Waals surface area contributed by atoms with E-state index in [1.54, 1.807) is 0 Å². The summed E-state index contributed by atoms with van der Waals surface area (Å²) in [4.78, 5) is 34.7. The fourth-order valence-electron chi connectivity index (χ4n) is 1.73. The van der Waals surface area contributed by atoms with Crippen molar-refractivity contribution >= 4 is 40.6 Å². The molecule has 7 nitrogen and oxygen atoms in total. The summed E-state index contributed by atoms with van der Waals surface area (Å²) in [6.45, 7) is 0.430. The number of hydrogen-bond donors (Lipinski definition) is 2. The molecule has 0 unspecified atom stereocenters. The number of nitrogens with one attached hydrogen (secondary N) is 1. The number of benzene rings is 1. The SMILES string of the molecule is NC(=O)c1ccc(SCC(=O)NCc2cccs2)c([N+](=O)[O-])c1. The summed E-state index contributed by atoms with van der Waals surface area (Å²) >= 11 is 2.57. The van der Waals surface area contributed by atoms with Crippen molar-refractivity contribution in [2.75, 3.05) is 5.75 Å². The second-order valence-electron chi connectivity index (χ2n) is 4.45. The van der Waals surface area contributed by atoms with E-state index in [0.717, 1.165) is 22.7 Å². The van der Waals surface area contributed by atoms with Gasteiger partial charge in [0.1, 0.15) is 0 Å². The van der Waals surface area contributed by atoms with Crippen LogP contribution in [0.3, 0.4) is 0 Å². The first-order valence-corrected chi connectivity index (χ1v) is 8.34. The molecule has 9 heteroatoms. The Balaban J connectivity index is 1.97. The summed E-state index contributed by atoms with van der Waals surface area (Å²) in [7, 11) is 0. The molecule has 0 spiro atoms. The van der Waals surface area contributed by atoms with Gasteiger partial charge in [0.2, 0.25) is 11.8 Å². The van der Waals surface area contributed by atoms with Crippen molar-refractivity contribution in [2.24, 2.45) is 5.73 Å². The van der Waals surface area contributed by atoms with E-state index >= 15 is 0 Å². The number of thioether (sulfide) groups is 1. The molecule has 1 aromatic heterocycles. The summed E-state index contributed by atoms with van der Waals surface area (Å²) in [6, 6.07) is 7.75. The smallest absolute Gasteiger partial charge is 0.283 e. The Bertz CT molecular complexity index is 732. The number of primary amides is 1.